The number of ether oxygens (including phenoxy) is 2. The summed E-state index contributed by atoms with van der Waals surface area (Å²) in [5, 5.41) is 0. The third-order valence-electron chi connectivity index (χ3n) is 7.71. The van der Waals surface area contributed by atoms with Gasteiger partial charge in [-0.2, -0.15) is 8.42 Å². The van der Waals surface area contributed by atoms with Crippen LogP contribution in [-0.2, 0) is 43.8 Å². The van der Waals surface area contributed by atoms with Gasteiger partial charge in [0.2, 0.25) is 0 Å². The fourth-order valence-electron chi connectivity index (χ4n) is 5.63. The molecule has 2 atom stereocenters. The SMILES string of the molecule is CCc1c(C)c2c(c(OS(=O)(=O)c3ccc(C)cc3)c1CC=C(C)C1CCCC1C(=O)OC)C(=O)OC2. The number of cyclic esters (lactones) is 1. The molecule has 1 fully saturated rings. The second kappa shape index (κ2) is 10.7. The molecule has 0 aromatic heterocycles. The molecular formula is C29H34O7S. The Morgan fingerprint density at radius 1 is 1.11 bits per heavy atom. The van der Waals surface area contributed by atoms with E-state index in [1.807, 2.05) is 33.8 Å². The zero-order valence-corrected chi connectivity index (χ0v) is 22.9. The molecule has 2 aromatic carbocycles. The van der Waals surface area contributed by atoms with E-state index < -0.39 is 16.1 Å². The number of carbonyl (C=O) groups is 2. The molecule has 8 heteroatoms. The van der Waals surface area contributed by atoms with Gasteiger partial charge in [-0.05, 0) is 75.6 Å². The van der Waals surface area contributed by atoms with E-state index in [2.05, 4.69) is 0 Å². The molecule has 1 heterocycles. The molecule has 0 amide bonds. The number of methoxy groups -OCH3 is 1. The number of allylic oxidation sites excluding steroid dienone is 2. The van der Waals surface area contributed by atoms with Gasteiger partial charge >= 0.3 is 22.1 Å². The van der Waals surface area contributed by atoms with Crippen molar-refractivity contribution in [3.63, 3.8) is 0 Å². The minimum Gasteiger partial charge on any atom is -0.469 e. The highest BCUT2D eigenvalue weighted by molar-refractivity contribution is 7.87. The smallest absolute Gasteiger partial charge is 0.342 e. The van der Waals surface area contributed by atoms with Crippen LogP contribution >= 0.6 is 0 Å². The molecule has 0 radical (unpaired) electrons. The summed E-state index contributed by atoms with van der Waals surface area (Å²) in [6.45, 7) is 7.88. The average molecular weight is 527 g/mol. The van der Waals surface area contributed by atoms with Gasteiger partial charge in [-0.3, -0.25) is 4.79 Å². The van der Waals surface area contributed by atoms with Crippen molar-refractivity contribution in [2.75, 3.05) is 7.11 Å². The van der Waals surface area contributed by atoms with Crippen LogP contribution in [0.25, 0.3) is 0 Å². The Kier molecular flexibility index (Phi) is 7.78. The Morgan fingerprint density at radius 3 is 2.43 bits per heavy atom. The highest BCUT2D eigenvalue weighted by Crippen LogP contribution is 2.42. The molecule has 2 unspecified atom stereocenters. The van der Waals surface area contributed by atoms with E-state index in [9.17, 15) is 18.0 Å². The quantitative estimate of drug-likeness (QED) is 0.259. The van der Waals surface area contributed by atoms with Gasteiger partial charge in [0, 0.05) is 11.1 Å². The molecular weight excluding hydrogens is 492 g/mol. The highest BCUT2D eigenvalue weighted by atomic mass is 32.2. The van der Waals surface area contributed by atoms with Crippen LogP contribution in [0.3, 0.4) is 0 Å². The lowest BCUT2D eigenvalue weighted by Gasteiger charge is -2.21. The third kappa shape index (κ3) is 5.17. The molecule has 37 heavy (non-hydrogen) atoms. The van der Waals surface area contributed by atoms with Crippen LogP contribution in [0.15, 0.2) is 40.8 Å². The molecule has 1 aliphatic carbocycles. The first-order valence-corrected chi connectivity index (χ1v) is 14.1. The maximum Gasteiger partial charge on any atom is 0.342 e. The maximum atomic E-state index is 13.3. The zero-order valence-electron chi connectivity index (χ0n) is 22.1. The summed E-state index contributed by atoms with van der Waals surface area (Å²) < 4.78 is 42.7. The van der Waals surface area contributed by atoms with Gasteiger partial charge in [0.1, 0.15) is 17.1 Å². The van der Waals surface area contributed by atoms with E-state index in [-0.39, 0.29) is 40.6 Å². The topological polar surface area (TPSA) is 96.0 Å². The summed E-state index contributed by atoms with van der Waals surface area (Å²) in [5.41, 5.74) is 5.32. The molecule has 198 valence electrons. The number of esters is 2. The Bertz CT molecular complexity index is 1350. The van der Waals surface area contributed by atoms with Gasteiger partial charge in [-0.25, -0.2) is 4.79 Å². The van der Waals surface area contributed by atoms with Crippen molar-refractivity contribution in [1.29, 1.82) is 0 Å². The monoisotopic (exact) mass is 526 g/mol. The Labute approximate surface area is 218 Å². The first kappa shape index (κ1) is 26.9. The highest BCUT2D eigenvalue weighted by Gasteiger charge is 2.36. The molecule has 0 spiro atoms. The van der Waals surface area contributed by atoms with E-state index >= 15 is 0 Å². The number of fused-ring (bicyclic) bond motifs is 1. The van der Waals surface area contributed by atoms with Crippen molar-refractivity contribution in [2.45, 2.75) is 71.3 Å². The first-order chi connectivity index (χ1) is 17.6. The molecule has 0 saturated heterocycles. The van der Waals surface area contributed by atoms with Gasteiger partial charge < -0.3 is 13.7 Å². The summed E-state index contributed by atoms with van der Waals surface area (Å²) in [5.74, 6) is -0.854. The van der Waals surface area contributed by atoms with E-state index in [1.54, 1.807) is 12.1 Å². The van der Waals surface area contributed by atoms with Gasteiger partial charge in [0.05, 0.1) is 13.0 Å². The lowest BCUT2D eigenvalue weighted by molar-refractivity contribution is -0.146. The molecule has 4 rings (SSSR count). The van der Waals surface area contributed by atoms with Crippen molar-refractivity contribution in [1.82, 2.24) is 0 Å². The Hall–Kier alpha value is -3.13. The lowest BCUT2D eigenvalue weighted by atomic mass is 9.86. The summed E-state index contributed by atoms with van der Waals surface area (Å²) in [6.07, 6.45) is 5.64. The molecule has 1 saturated carbocycles. The first-order valence-electron chi connectivity index (χ1n) is 12.7. The summed E-state index contributed by atoms with van der Waals surface area (Å²) in [7, 11) is -2.79. The van der Waals surface area contributed by atoms with E-state index in [1.165, 1.54) is 19.2 Å². The standard InChI is InChI=1S/C29H34O7S/c1-6-21-19(4)25-16-35-29(31)26(25)27(36-37(32,33)20-13-10-17(2)11-14-20)23(21)15-12-18(3)22-8-7-9-24(22)28(30)34-5/h10-14,22,24H,6-9,15-16H2,1-5H3. The van der Waals surface area contributed by atoms with Crippen molar-refractivity contribution in [3.8, 4) is 5.75 Å². The van der Waals surface area contributed by atoms with Crippen molar-refractivity contribution in [2.24, 2.45) is 11.8 Å². The van der Waals surface area contributed by atoms with Crippen LogP contribution in [-0.4, -0.2) is 27.5 Å². The zero-order chi connectivity index (χ0) is 26.9. The summed E-state index contributed by atoms with van der Waals surface area (Å²) >= 11 is 0. The van der Waals surface area contributed by atoms with Gasteiger partial charge in [-0.1, -0.05) is 42.7 Å². The second-order valence-electron chi connectivity index (χ2n) is 9.86. The number of hydrogen-bond donors (Lipinski definition) is 0. The van der Waals surface area contributed by atoms with Crippen molar-refractivity contribution < 1.29 is 31.7 Å². The number of benzene rings is 2. The van der Waals surface area contributed by atoms with Crippen molar-refractivity contribution in [3.05, 3.63) is 69.3 Å². The second-order valence-corrected chi connectivity index (χ2v) is 11.4. The Balaban J connectivity index is 1.80. The average Bonchev–Trinajstić information content (AvgIpc) is 3.51. The number of carbonyl (C=O) groups excluding carboxylic acids is 2. The summed E-state index contributed by atoms with van der Waals surface area (Å²) in [6, 6.07) is 6.39. The van der Waals surface area contributed by atoms with Crippen LogP contribution in [0, 0.1) is 25.7 Å². The van der Waals surface area contributed by atoms with Gasteiger partial charge in [0.15, 0.2) is 5.75 Å². The number of rotatable bonds is 8. The van der Waals surface area contributed by atoms with Crippen LogP contribution in [0.4, 0.5) is 0 Å². The van der Waals surface area contributed by atoms with Gasteiger partial charge in [0.25, 0.3) is 0 Å². The predicted octanol–water partition coefficient (Wildman–Crippen LogP) is 5.38. The number of hydrogen-bond acceptors (Lipinski definition) is 7. The van der Waals surface area contributed by atoms with E-state index in [0.29, 0.717) is 24.0 Å². The minimum atomic E-state index is -4.20. The van der Waals surface area contributed by atoms with Crippen LogP contribution in [0.1, 0.15) is 71.3 Å². The summed E-state index contributed by atoms with van der Waals surface area (Å²) in [4.78, 5) is 25.1. The molecule has 0 N–H and O–H groups in total. The van der Waals surface area contributed by atoms with E-state index in [4.69, 9.17) is 13.7 Å². The molecule has 0 bridgehead atoms. The fraction of sp³-hybridized carbons (Fsp3) is 0.448. The molecule has 7 nitrogen and oxygen atoms in total. The third-order valence-corrected chi connectivity index (χ3v) is 8.95. The lowest BCUT2D eigenvalue weighted by Crippen LogP contribution is -2.21. The van der Waals surface area contributed by atoms with E-state index in [0.717, 1.165) is 41.5 Å². The van der Waals surface area contributed by atoms with Gasteiger partial charge in [-0.15, -0.1) is 0 Å². The van der Waals surface area contributed by atoms with Crippen LogP contribution in [0.2, 0.25) is 0 Å². The largest absolute Gasteiger partial charge is 0.469 e. The van der Waals surface area contributed by atoms with Crippen LogP contribution < -0.4 is 4.18 Å². The fourth-order valence-corrected chi connectivity index (χ4v) is 6.60. The Morgan fingerprint density at radius 2 is 1.78 bits per heavy atom. The van der Waals surface area contributed by atoms with Crippen molar-refractivity contribution >= 4 is 22.1 Å². The predicted molar refractivity (Wildman–Crippen MR) is 139 cm³/mol. The molecule has 1 aliphatic heterocycles. The number of aryl methyl sites for hydroxylation is 1. The molecule has 2 aliphatic rings. The van der Waals surface area contributed by atoms with Crippen LogP contribution in [0.5, 0.6) is 5.75 Å². The normalized spacial score (nSPS) is 19.5. The molecule has 2 aromatic rings. The minimum absolute atomic E-state index is 0.0152. The maximum absolute atomic E-state index is 13.3.